The van der Waals surface area contributed by atoms with Crippen molar-refractivity contribution in [3.8, 4) is 11.1 Å². The summed E-state index contributed by atoms with van der Waals surface area (Å²) in [6, 6.07) is 28.8. The molecular weight excluding hydrogens is 520 g/mol. The second-order valence-electron chi connectivity index (χ2n) is 9.90. The quantitative estimate of drug-likeness (QED) is 0.0848. The molecule has 6 N–H and O–H groups in total. The molecule has 0 saturated carbocycles. The number of nitrogens with zero attached hydrogens (tertiary/aromatic N) is 1. The number of anilines is 2. The summed E-state index contributed by atoms with van der Waals surface area (Å²) in [5.41, 5.74) is 16.3. The molecule has 0 radical (unpaired) electrons. The fourth-order valence-corrected chi connectivity index (χ4v) is 4.76. The molecule has 0 heterocycles. The van der Waals surface area contributed by atoms with Crippen LogP contribution >= 0.6 is 0 Å². The molecule has 0 spiro atoms. The van der Waals surface area contributed by atoms with E-state index in [2.05, 4.69) is 5.32 Å². The summed E-state index contributed by atoms with van der Waals surface area (Å²) in [5, 5.41) is 26.2. The number of aliphatic hydroxyl groups is 1. The Kier molecular flexibility index (Phi) is 9.68. The third-order valence-electron chi connectivity index (χ3n) is 6.95. The molecule has 0 fully saturated rings. The van der Waals surface area contributed by atoms with Crippen LogP contribution in [0.4, 0.5) is 17.1 Å². The highest BCUT2D eigenvalue weighted by Crippen LogP contribution is 2.32. The number of carbonyl (C=O) groups is 1. The highest BCUT2D eigenvalue weighted by Gasteiger charge is 2.30. The lowest BCUT2D eigenvalue weighted by atomic mass is 9.94. The molecule has 4 rings (SSSR count). The van der Waals surface area contributed by atoms with E-state index in [4.69, 9.17) is 16.2 Å². The maximum Gasteiger partial charge on any atom is 0.323 e. The number of nitrogens with two attached hydrogens (primary N) is 2. The SMILES string of the molecule is CC(OC(=O)C(N)Cc1ccccc1-c1ccccc1[N+](=O)[O-])C(O)C(Cc1ccccc1)Nc1ccccc1N. The van der Waals surface area contributed by atoms with Gasteiger partial charge in [0.15, 0.2) is 0 Å². The molecule has 0 aliphatic heterocycles. The lowest BCUT2D eigenvalue weighted by Gasteiger charge is -2.30. The Morgan fingerprint density at radius 1 is 0.902 bits per heavy atom. The van der Waals surface area contributed by atoms with Crippen LogP contribution in [-0.4, -0.2) is 40.3 Å². The first-order valence-corrected chi connectivity index (χ1v) is 13.4. The average molecular weight is 555 g/mol. The molecule has 0 aliphatic carbocycles. The van der Waals surface area contributed by atoms with Gasteiger partial charge in [0.1, 0.15) is 18.2 Å². The summed E-state index contributed by atoms with van der Waals surface area (Å²) in [7, 11) is 0. The highest BCUT2D eigenvalue weighted by atomic mass is 16.6. The number of para-hydroxylation sites is 3. The average Bonchev–Trinajstić information content (AvgIpc) is 2.98. The zero-order valence-electron chi connectivity index (χ0n) is 22.7. The van der Waals surface area contributed by atoms with Crippen molar-refractivity contribution in [3.63, 3.8) is 0 Å². The molecule has 0 aromatic heterocycles. The number of esters is 1. The van der Waals surface area contributed by atoms with Crippen molar-refractivity contribution in [2.45, 2.75) is 44.1 Å². The summed E-state index contributed by atoms with van der Waals surface area (Å²) in [6.45, 7) is 1.62. The van der Waals surface area contributed by atoms with Gasteiger partial charge < -0.3 is 26.6 Å². The summed E-state index contributed by atoms with van der Waals surface area (Å²) < 4.78 is 5.65. The van der Waals surface area contributed by atoms with Gasteiger partial charge in [0.2, 0.25) is 0 Å². The van der Waals surface area contributed by atoms with Gasteiger partial charge in [0.05, 0.1) is 27.9 Å². The summed E-state index contributed by atoms with van der Waals surface area (Å²) in [4.78, 5) is 24.2. The Morgan fingerprint density at radius 3 is 2.22 bits per heavy atom. The van der Waals surface area contributed by atoms with Crippen LogP contribution in [0.5, 0.6) is 0 Å². The lowest BCUT2D eigenvalue weighted by molar-refractivity contribution is -0.384. The molecule has 212 valence electrons. The van der Waals surface area contributed by atoms with Gasteiger partial charge in [-0.2, -0.15) is 0 Å². The minimum Gasteiger partial charge on any atom is -0.459 e. The second kappa shape index (κ2) is 13.6. The first-order valence-electron chi connectivity index (χ1n) is 13.4. The second-order valence-corrected chi connectivity index (χ2v) is 9.90. The number of aliphatic hydroxyl groups excluding tert-OH is 1. The normalized spacial score (nSPS) is 13.9. The Morgan fingerprint density at radius 2 is 1.51 bits per heavy atom. The van der Waals surface area contributed by atoms with Gasteiger partial charge in [-0.05, 0) is 54.7 Å². The van der Waals surface area contributed by atoms with Gasteiger partial charge in [0.25, 0.3) is 5.69 Å². The van der Waals surface area contributed by atoms with Crippen LogP contribution in [0, 0.1) is 10.1 Å². The molecule has 9 nitrogen and oxygen atoms in total. The van der Waals surface area contributed by atoms with Crippen molar-refractivity contribution >= 4 is 23.0 Å². The highest BCUT2D eigenvalue weighted by molar-refractivity contribution is 5.79. The number of rotatable bonds is 12. The van der Waals surface area contributed by atoms with E-state index in [1.807, 2.05) is 48.5 Å². The standard InChI is InChI=1S/C32H34N4O5/c1-21(31(37)29(19-22-11-3-2-4-12-22)35-28-17-9-8-16-26(28)33)41-32(38)27(34)20-23-13-5-6-14-24(23)25-15-7-10-18-30(25)36(39)40/h2-18,21,27,29,31,35,37H,19-20,33-34H2,1H3. The molecule has 0 bridgehead atoms. The monoisotopic (exact) mass is 554 g/mol. The third-order valence-corrected chi connectivity index (χ3v) is 6.95. The van der Waals surface area contributed by atoms with E-state index >= 15 is 0 Å². The predicted molar refractivity (Wildman–Crippen MR) is 160 cm³/mol. The Balaban J connectivity index is 1.48. The maximum atomic E-state index is 13.1. The van der Waals surface area contributed by atoms with E-state index in [9.17, 15) is 20.0 Å². The van der Waals surface area contributed by atoms with Crippen LogP contribution in [0.15, 0.2) is 103 Å². The molecule has 4 unspecified atom stereocenters. The van der Waals surface area contributed by atoms with Gasteiger partial charge in [0, 0.05) is 6.07 Å². The number of hydrogen-bond donors (Lipinski definition) is 4. The molecule has 4 atom stereocenters. The lowest BCUT2D eigenvalue weighted by Crippen LogP contribution is -2.46. The van der Waals surface area contributed by atoms with Gasteiger partial charge in [-0.3, -0.25) is 14.9 Å². The Labute approximate surface area is 238 Å². The Hall–Kier alpha value is -4.73. The van der Waals surface area contributed by atoms with Gasteiger partial charge in [-0.15, -0.1) is 0 Å². The third kappa shape index (κ3) is 7.47. The van der Waals surface area contributed by atoms with Crippen molar-refractivity contribution in [2.24, 2.45) is 5.73 Å². The number of ether oxygens (including phenoxy) is 1. The Bertz CT molecular complexity index is 1480. The van der Waals surface area contributed by atoms with Crippen LogP contribution in [0.3, 0.4) is 0 Å². The van der Waals surface area contributed by atoms with Gasteiger partial charge in [-0.1, -0.05) is 78.9 Å². The maximum absolute atomic E-state index is 13.1. The van der Waals surface area contributed by atoms with E-state index in [1.165, 1.54) is 6.07 Å². The van der Waals surface area contributed by atoms with Crippen LogP contribution in [-0.2, 0) is 22.4 Å². The van der Waals surface area contributed by atoms with Crippen LogP contribution in [0.2, 0.25) is 0 Å². The summed E-state index contributed by atoms with van der Waals surface area (Å²) >= 11 is 0. The predicted octanol–water partition coefficient (Wildman–Crippen LogP) is 4.73. The number of hydrogen-bond acceptors (Lipinski definition) is 8. The van der Waals surface area contributed by atoms with Crippen LogP contribution in [0.1, 0.15) is 18.1 Å². The first kappa shape index (κ1) is 29.3. The molecule has 41 heavy (non-hydrogen) atoms. The van der Waals surface area contributed by atoms with Crippen LogP contribution < -0.4 is 16.8 Å². The molecule has 0 amide bonds. The molecule has 4 aromatic rings. The van der Waals surface area contributed by atoms with Crippen molar-refractivity contribution in [1.82, 2.24) is 0 Å². The van der Waals surface area contributed by atoms with E-state index in [-0.39, 0.29) is 12.1 Å². The van der Waals surface area contributed by atoms with Crippen molar-refractivity contribution in [2.75, 3.05) is 11.1 Å². The van der Waals surface area contributed by atoms with Crippen molar-refractivity contribution < 1.29 is 19.6 Å². The van der Waals surface area contributed by atoms with Crippen molar-refractivity contribution in [3.05, 3.63) is 124 Å². The van der Waals surface area contributed by atoms with E-state index in [1.54, 1.807) is 55.5 Å². The minimum atomic E-state index is -1.09. The first-order chi connectivity index (χ1) is 19.7. The summed E-state index contributed by atoms with van der Waals surface area (Å²) in [6.07, 6.45) is -1.45. The van der Waals surface area contributed by atoms with Crippen LogP contribution in [0.25, 0.3) is 11.1 Å². The number of nitro benzene ring substituents is 1. The van der Waals surface area contributed by atoms with E-state index < -0.39 is 35.2 Å². The number of nitrogen functional groups attached to an aromatic ring is 1. The number of nitro groups is 1. The van der Waals surface area contributed by atoms with E-state index in [0.717, 1.165) is 5.56 Å². The zero-order valence-corrected chi connectivity index (χ0v) is 22.7. The largest absolute Gasteiger partial charge is 0.459 e. The number of benzene rings is 4. The van der Waals surface area contributed by atoms with Gasteiger partial charge >= 0.3 is 5.97 Å². The number of carbonyl (C=O) groups excluding carboxylic acids is 1. The topological polar surface area (TPSA) is 154 Å². The molecule has 0 aliphatic rings. The molecular formula is C32H34N4O5. The van der Waals surface area contributed by atoms with Gasteiger partial charge in [-0.25, -0.2) is 0 Å². The van der Waals surface area contributed by atoms with Crippen molar-refractivity contribution in [1.29, 1.82) is 0 Å². The number of nitrogens with one attached hydrogen (secondary N) is 1. The van der Waals surface area contributed by atoms with E-state index in [0.29, 0.717) is 34.5 Å². The smallest absolute Gasteiger partial charge is 0.323 e. The summed E-state index contributed by atoms with van der Waals surface area (Å²) in [5.74, 6) is -0.688. The molecule has 4 aromatic carbocycles. The minimum absolute atomic E-state index is 0.0381. The zero-order chi connectivity index (χ0) is 29.4. The molecule has 9 heteroatoms. The fourth-order valence-electron chi connectivity index (χ4n) is 4.76. The molecule has 0 saturated heterocycles. The fraction of sp³-hybridized carbons (Fsp3) is 0.219.